The molecule has 0 saturated carbocycles. The Bertz CT molecular complexity index is 697. The summed E-state index contributed by atoms with van der Waals surface area (Å²) >= 11 is 0.161. The van der Waals surface area contributed by atoms with E-state index in [1.165, 1.54) is 43.6 Å². The lowest BCUT2D eigenvalue weighted by Crippen LogP contribution is -2.08. The van der Waals surface area contributed by atoms with Crippen LogP contribution in [-0.4, -0.2) is 23.8 Å². The number of methoxy groups -OCH3 is 1. The second-order valence-electron chi connectivity index (χ2n) is 4.28. The minimum atomic E-state index is -2.70. The number of esters is 1. The zero-order valence-electron chi connectivity index (χ0n) is 12.0. The summed E-state index contributed by atoms with van der Waals surface area (Å²) in [6, 6.07) is 6.89. The number of halogens is 3. The molecule has 0 saturated heterocycles. The van der Waals surface area contributed by atoms with Crippen molar-refractivity contribution in [1.29, 1.82) is 0 Å². The van der Waals surface area contributed by atoms with E-state index in [1.807, 2.05) is 0 Å². The highest BCUT2D eigenvalue weighted by atomic mass is 32.2. The lowest BCUT2D eigenvalue weighted by atomic mass is 10.2. The molecule has 0 unspecified atom stereocenters. The number of nitrogens with zero attached hydrogens (tertiary/aromatic N) is 1. The molecule has 1 aromatic carbocycles. The Balaban J connectivity index is 2.07. The average molecular weight is 343 g/mol. The summed E-state index contributed by atoms with van der Waals surface area (Å²) < 4.78 is 48.2. The van der Waals surface area contributed by atoms with E-state index in [0.29, 0.717) is 5.56 Å². The van der Waals surface area contributed by atoms with Gasteiger partial charge in [0.1, 0.15) is 11.6 Å². The van der Waals surface area contributed by atoms with E-state index in [-0.39, 0.29) is 34.7 Å². The highest BCUT2D eigenvalue weighted by Crippen LogP contribution is 2.27. The van der Waals surface area contributed by atoms with Gasteiger partial charge in [0.2, 0.25) is 0 Å². The van der Waals surface area contributed by atoms with Crippen LogP contribution in [0.4, 0.5) is 13.2 Å². The van der Waals surface area contributed by atoms with E-state index < -0.39 is 17.5 Å². The number of hydrogen-bond acceptors (Lipinski definition) is 5. The summed E-state index contributed by atoms with van der Waals surface area (Å²) in [5.41, 5.74) is 0.343. The van der Waals surface area contributed by atoms with Crippen molar-refractivity contribution in [1.82, 2.24) is 4.98 Å². The minimum absolute atomic E-state index is 0.0632. The predicted octanol–water partition coefficient (Wildman–Crippen LogP) is 3.90. The number of hydrogen-bond donors (Lipinski definition) is 0. The van der Waals surface area contributed by atoms with Gasteiger partial charge >= 0.3 is 5.97 Å². The van der Waals surface area contributed by atoms with Crippen LogP contribution in [0.15, 0.2) is 41.6 Å². The van der Waals surface area contributed by atoms with E-state index in [4.69, 9.17) is 9.47 Å². The van der Waals surface area contributed by atoms with Crippen LogP contribution in [0.5, 0.6) is 5.75 Å². The van der Waals surface area contributed by atoms with Crippen molar-refractivity contribution < 1.29 is 27.4 Å². The Labute approximate surface area is 134 Å². The highest BCUT2D eigenvalue weighted by molar-refractivity contribution is 7.99. The molecule has 2 rings (SSSR count). The Kier molecular flexibility index (Phi) is 5.86. The number of thioether (sulfide) groups is 1. The van der Waals surface area contributed by atoms with Gasteiger partial charge in [-0.2, -0.15) is 8.78 Å². The van der Waals surface area contributed by atoms with Gasteiger partial charge in [0, 0.05) is 6.20 Å². The lowest BCUT2D eigenvalue weighted by Gasteiger charge is -2.09. The third-order valence-corrected chi connectivity index (χ3v) is 3.50. The van der Waals surface area contributed by atoms with Gasteiger partial charge in [-0.1, -0.05) is 6.07 Å². The molecule has 1 heterocycles. The summed E-state index contributed by atoms with van der Waals surface area (Å²) in [5.74, 6) is -4.02. The summed E-state index contributed by atoms with van der Waals surface area (Å²) in [4.78, 5) is 15.7. The third-order valence-electron chi connectivity index (χ3n) is 2.78. The second-order valence-corrected chi connectivity index (χ2v) is 5.26. The SMILES string of the molecule is COc1ccc(COC(=O)c2cccnc2SC(F)F)cc1F. The van der Waals surface area contributed by atoms with Crippen LogP contribution in [0.1, 0.15) is 15.9 Å². The normalized spacial score (nSPS) is 10.7. The molecular weight excluding hydrogens is 331 g/mol. The molecule has 0 radical (unpaired) electrons. The summed E-state index contributed by atoms with van der Waals surface area (Å²) in [6.07, 6.45) is 1.31. The van der Waals surface area contributed by atoms with Crippen molar-refractivity contribution >= 4 is 17.7 Å². The van der Waals surface area contributed by atoms with Crippen molar-refractivity contribution in [2.75, 3.05) is 7.11 Å². The summed E-state index contributed by atoms with van der Waals surface area (Å²) in [7, 11) is 1.34. The summed E-state index contributed by atoms with van der Waals surface area (Å²) in [5, 5.41) is -0.117. The number of alkyl halides is 2. The molecule has 4 nitrogen and oxygen atoms in total. The van der Waals surface area contributed by atoms with Crippen molar-refractivity contribution in [3.05, 3.63) is 53.5 Å². The average Bonchev–Trinajstić information content (AvgIpc) is 2.52. The zero-order valence-corrected chi connectivity index (χ0v) is 12.8. The molecule has 0 amide bonds. The van der Waals surface area contributed by atoms with Crippen LogP contribution < -0.4 is 4.74 Å². The van der Waals surface area contributed by atoms with E-state index in [2.05, 4.69) is 4.98 Å². The Morgan fingerprint density at radius 1 is 1.35 bits per heavy atom. The fourth-order valence-corrected chi connectivity index (χ4v) is 2.32. The van der Waals surface area contributed by atoms with E-state index in [0.717, 1.165) is 0 Å². The van der Waals surface area contributed by atoms with Crippen LogP contribution in [0, 0.1) is 5.82 Å². The van der Waals surface area contributed by atoms with Gasteiger partial charge in [-0.3, -0.25) is 0 Å². The van der Waals surface area contributed by atoms with Gasteiger partial charge in [-0.25, -0.2) is 14.2 Å². The smallest absolute Gasteiger partial charge is 0.341 e. The molecule has 122 valence electrons. The highest BCUT2D eigenvalue weighted by Gasteiger charge is 2.18. The molecule has 1 aromatic heterocycles. The first-order chi connectivity index (χ1) is 11.0. The van der Waals surface area contributed by atoms with Gasteiger partial charge < -0.3 is 9.47 Å². The molecule has 23 heavy (non-hydrogen) atoms. The Morgan fingerprint density at radius 3 is 2.78 bits per heavy atom. The van der Waals surface area contributed by atoms with Gasteiger partial charge in [0.25, 0.3) is 5.76 Å². The van der Waals surface area contributed by atoms with Crippen molar-refractivity contribution in [2.24, 2.45) is 0 Å². The van der Waals surface area contributed by atoms with Crippen molar-refractivity contribution in [2.45, 2.75) is 17.4 Å². The fraction of sp³-hybridized carbons (Fsp3) is 0.200. The number of ether oxygens (including phenoxy) is 2. The van der Waals surface area contributed by atoms with Crippen molar-refractivity contribution in [3.8, 4) is 5.75 Å². The first kappa shape index (κ1) is 17.1. The standard InChI is InChI=1S/C15H12F3NO3S/c1-21-12-5-4-9(7-11(12)16)8-22-14(20)10-3-2-6-19-13(10)23-15(17)18/h2-7,15H,8H2,1H3. The fourth-order valence-electron chi connectivity index (χ4n) is 1.75. The minimum Gasteiger partial charge on any atom is -0.494 e. The number of aromatic nitrogens is 1. The monoisotopic (exact) mass is 343 g/mol. The Hall–Kier alpha value is -2.22. The number of benzene rings is 1. The first-order valence-corrected chi connectivity index (χ1v) is 7.28. The van der Waals surface area contributed by atoms with Crippen LogP contribution in [0.25, 0.3) is 0 Å². The molecule has 8 heteroatoms. The predicted molar refractivity (Wildman–Crippen MR) is 78.2 cm³/mol. The molecular formula is C15H12F3NO3S. The van der Waals surface area contributed by atoms with Crippen LogP contribution in [0.2, 0.25) is 0 Å². The zero-order chi connectivity index (χ0) is 16.8. The molecule has 0 bridgehead atoms. The maximum Gasteiger partial charge on any atom is 0.341 e. The maximum atomic E-state index is 13.5. The topological polar surface area (TPSA) is 48.4 Å². The second kappa shape index (κ2) is 7.87. The molecule has 0 fully saturated rings. The third kappa shape index (κ3) is 4.62. The van der Waals surface area contributed by atoms with E-state index >= 15 is 0 Å². The number of carbonyl (C=O) groups is 1. The molecule has 0 aliphatic carbocycles. The number of carbonyl (C=O) groups excluding carboxylic acids is 1. The molecule has 0 aliphatic heterocycles. The number of rotatable bonds is 6. The van der Waals surface area contributed by atoms with Gasteiger partial charge in [-0.15, -0.1) is 0 Å². The maximum absolute atomic E-state index is 13.5. The van der Waals surface area contributed by atoms with Gasteiger partial charge in [0.05, 0.1) is 12.7 Å². The molecule has 0 atom stereocenters. The van der Waals surface area contributed by atoms with E-state index in [9.17, 15) is 18.0 Å². The quantitative estimate of drug-likeness (QED) is 0.588. The largest absolute Gasteiger partial charge is 0.494 e. The van der Waals surface area contributed by atoms with Gasteiger partial charge in [-0.05, 0) is 41.6 Å². The van der Waals surface area contributed by atoms with Gasteiger partial charge in [0.15, 0.2) is 11.6 Å². The summed E-state index contributed by atoms with van der Waals surface area (Å²) in [6.45, 7) is -0.201. The van der Waals surface area contributed by atoms with Crippen LogP contribution in [0.3, 0.4) is 0 Å². The first-order valence-electron chi connectivity index (χ1n) is 6.40. The van der Waals surface area contributed by atoms with E-state index in [1.54, 1.807) is 0 Å². The molecule has 0 spiro atoms. The van der Waals surface area contributed by atoms with Crippen molar-refractivity contribution in [3.63, 3.8) is 0 Å². The molecule has 2 aromatic rings. The lowest BCUT2D eigenvalue weighted by molar-refractivity contribution is 0.0467. The molecule has 0 aliphatic rings. The van der Waals surface area contributed by atoms with Crippen LogP contribution >= 0.6 is 11.8 Å². The number of pyridine rings is 1. The Morgan fingerprint density at radius 2 is 2.13 bits per heavy atom. The molecule has 0 N–H and O–H groups in total. The van der Waals surface area contributed by atoms with Crippen LogP contribution in [-0.2, 0) is 11.3 Å².